The maximum Gasteiger partial charge on any atom is 0.326 e. The molecular weight excluding hydrogens is 556 g/mol. The number of nitrogens with zero attached hydrogens (tertiary/aromatic N) is 1. The van der Waals surface area contributed by atoms with Crippen molar-refractivity contribution in [3.63, 3.8) is 0 Å². The SMILES string of the molecule is COc1ccccc1N(CCCOc1ccc(C[C@H](Nc2ccccc2C(=O)c2ccccc2)C(=O)O)cc1)C(=O)C1CC1. The zero-order chi connectivity index (χ0) is 30.9. The van der Waals surface area contributed by atoms with Crippen LogP contribution in [0.25, 0.3) is 0 Å². The molecule has 0 radical (unpaired) electrons. The largest absolute Gasteiger partial charge is 0.495 e. The second kappa shape index (κ2) is 14.4. The highest BCUT2D eigenvalue weighted by Gasteiger charge is 2.34. The predicted molar refractivity (Wildman–Crippen MR) is 170 cm³/mol. The van der Waals surface area contributed by atoms with Gasteiger partial charge in [-0.1, -0.05) is 66.7 Å². The molecule has 1 fully saturated rings. The third-order valence-corrected chi connectivity index (χ3v) is 7.56. The molecule has 1 aliphatic carbocycles. The summed E-state index contributed by atoms with van der Waals surface area (Å²) < 4.78 is 11.4. The third-order valence-electron chi connectivity index (χ3n) is 7.56. The molecule has 44 heavy (non-hydrogen) atoms. The van der Waals surface area contributed by atoms with E-state index in [1.165, 1.54) is 0 Å². The number of methoxy groups -OCH3 is 1. The molecule has 1 atom stereocenters. The van der Waals surface area contributed by atoms with Crippen LogP contribution in [0.5, 0.6) is 11.5 Å². The molecule has 2 N–H and O–H groups in total. The first-order valence-electron chi connectivity index (χ1n) is 14.8. The van der Waals surface area contributed by atoms with Gasteiger partial charge in [-0.05, 0) is 61.2 Å². The molecule has 0 saturated heterocycles. The molecule has 0 heterocycles. The summed E-state index contributed by atoms with van der Waals surface area (Å²) in [6, 6.07) is 29.7. The topological polar surface area (TPSA) is 105 Å². The maximum atomic E-state index is 13.1. The van der Waals surface area contributed by atoms with Gasteiger partial charge in [-0.15, -0.1) is 0 Å². The second-order valence-corrected chi connectivity index (χ2v) is 10.8. The summed E-state index contributed by atoms with van der Waals surface area (Å²) in [5.41, 5.74) is 2.99. The van der Waals surface area contributed by atoms with E-state index in [9.17, 15) is 19.5 Å². The zero-order valence-corrected chi connectivity index (χ0v) is 24.6. The lowest BCUT2D eigenvalue weighted by Gasteiger charge is -2.24. The fourth-order valence-corrected chi connectivity index (χ4v) is 5.06. The van der Waals surface area contributed by atoms with E-state index in [0.29, 0.717) is 47.9 Å². The van der Waals surface area contributed by atoms with Crippen LogP contribution in [0.2, 0.25) is 0 Å². The third kappa shape index (κ3) is 7.64. The van der Waals surface area contributed by atoms with Crippen molar-refractivity contribution < 1.29 is 29.0 Å². The Morgan fingerprint density at radius 1 is 0.886 bits per heavy atom. The van der Waals surface area contributed by atoms with Gasteiger partial charge in [0.15, 0.2) is 5.78 Å². The van der Waals surface area contributed by atoms with E-state index in [1.54, 1.807) is 60.5 Å². The number of benzene rings is 4. The molecule has 1 amide bonds. The average Bonchev–Trinajstić information content (AvgIpc) is 3.91. The van der Waals surface area contributed by atoms with E-state index in [4.69, 9.17) is 9.47 Å². The number of anilines is 2. The summed E-state index contributed by atoms with van der Waals surface area (Å²) in [5.74, 6) is 0.320. The van der Waals surface area contributed by atoms with Gasteiger partial charge in [-0.25, -0.2) is 4.79 Å². The maximum absolute atomic E-state index is 13.1. The number of aliphatic carboxylic acids is 1. The highest BCUT2D eigenvalue weighted by molar-refractivity contribution is 6.12. The first kappa shape index (κ1) is 30.4. The molecule has 1 saturated carbocycles. The van der Waals surface area contributed by atoms with Gasteiger partial charge >= 0.3 is 5.97 Å². The van der Waals surface area contributed by atoms with Crippen LogP contribution in [0, 0.1) is 5.92 Å². The standard InChI is InChI=1S/C36H36N2O6/c1-43-33-15-8-7-14-32(33)38(35(40)27-18-19-27)22-9-23-44-28-20-16-25(17-21-28)24-31(36(41)42)37-30-13-6-5-12-29(30)34(39)26-10-3-2-4-11-26/h2-8,10-17,20-21,27,31,37H,9,18-19,22-24H2,1H3,(H,41,42)/t31-/m0/s1. The Hall–Kier alpha value is -5.11. The van der Waals surface area contributed by atoms with Gasteiger partial charge in [0.1, 0.15) is 17.5 Å². The van der Waals surface area contributed by atoms with Crippen LogP contribution in [0.1, 0.15) is 40.7 Å². The van der Waals surface area contributed by atoms with Crippen LogP contribution in [-0.4, -0.2) is 49.1 Å². The van der Waals surface area contributed by atoms with Crippen LogP contribution in [-0.2, 0) is 16.0 Å². The van der Waals surface area contributed by atoms with Crippen molar-refractivity contribution in [2.24, 2.45) is 5.92 Å². The van der Waals surface area contributed by atoms with Gasteiger partial charge < -0.3 is 24.8 Å². The number of carboxylic acid groups (broad SMARTS) is 1. The van der Waals surface area contributed by atoms with Crippen molar-refractivity contribution in [2.45, 2.75) is 31.7 Å². The van der Waals surface area contributed by atoms with Gasteiger partial charge in [0.2, 0.25) is 5.91 Å². The monoisotopic (exact) mass is 592 g/mol. The Kier molecular flexibility index (Phi) is 9.92. The van der Waals surface area contributed by atoms with Gasteiger partial charge in [0, 0.05) is 35.7 Å². The average molecular weight is 593 g/mol. The lowest BCUT2D eigenvalue weighted by atomic mass is 10.00. The van der Waals surface area contributed by atoms with Crippen molar-refractivity contribution >= 4 is 29.0 Å². The predicted octanol–water partition coefficient (Wildman–Crippen LogP) is 6.25. The summed E-state index contributed by atoms with van der Waals surface area (Å²) in [4.78, 5) is 40.1. The zero-order valence-electron chi connectivity index (χ0n) is 24.6. The number of carboxylic acids is 1. The highest BCUT2D eigenvalue weighted by Crippen LogP contribution is 2.36. The van der Waals surface area contributed by atoms with E-state index in [1.807, 2.05) is 54.6 Å². The Bertz CT molecular complexity index is 1580. The molecule has 4 aromatic carbocycles. The van der Waals surface area contributed by atoms with Crippen molar-refractivity contribution in [3.8, 4) is 11.5 Å². The Morgan fingerprint density at radius 2 is 1.57 bits per heavy atom. The number of ether oxygens (including phenoxy) is 2. The molecule has 8 heteroatoms. The fourth-order valence-electron chi connectivity index (χ4n) is 5.06. The minimum Gasteiger partial charge on any atom is -0.495 e. The molecule has 5 rings (SSSR count). The van der Waals surface area contributed by atoms with Gasteiger partial charge in [0.05, 0.1) is 19.4 Å². The number of hydrogen-bond donors (Lipinski definition) is 2. The first-order chi connectivity index (χ1) is 21.4. The number of ketones is 1. The highest BCUT2D eigenvalue weighted by atomic mass is 16.5. The van der Waals surface area contributed by atoms with Crippen molar-refractivity contribution in [3.05, 3.63) is 120 Å². The molecule has 0 aromatic heterocycles. The van der Waals surface area contributed by atoms with Crippen molar-refractivity contribution in [2.75, 3.05) is 30.5 Å². The van der Waals surface area contributed by atoms with E-state index < -0.39 is 12.0 Å². The summed E-state index contributed by atoms with van der Waals surface area (Å²) in [5, 5.41) is 13.0. The van der Waals surface area contributed by atoms with E-state index in [2.05, 4.69) is 5.32 Å². The number of amides is 1. The van der Waals surface area contributed by atoms with E-state index >= 15 is 0 Å². The molecular formula is C36H36N2O6. The number of hydrogen-bond acceptors (Lipinski definition) is 6. The van der Waals surface area contributed by atoms with Crippen LogP contribution in [0.4, 0.5) is 11.4 Å². The molecule has 4 aromatic rings. The van der Waals surface area contributed by atoms with Crippen LogP contribution in [0.3, 0.4) is 0 Å². The Labute approximate surface area is 257 Å². The Morgan fingerprint density at radius 3 is 2.27 bits per heavy atom. The number of carbonyl (C=O) groups excluding carboxylic acids is 2. The second-order valence-electron chi connectivity index (χ2n) is 10.8. The molecule has 1 aliphatic rings. The normalized spacial score (nSPS) is 13.0. The van der Waals surface area contributed by atoms with E-state index in [-0.39, 0.29) is 24.0 Å². The lowest BCUT2D eigenvalue weighted by molar-refractivity contribution is -0.137. The molecule has 226 valence electrons. The number of carbonyl (C=O) groups is 3. The molecule has 0 unspecified atom stereocenters. The molecule has 8 nitrogen and oxygen atoms in total. The summed E-state index contributed by atoms with van der Waals surface area (Å²) in [7, 11) is 1.60. The van der Waals surface area contributed by atoms with Crippen LogP contribution < -0.4 is 19.7 Å². The smallest absolute Gasteiger partial charge is 0.326 e. The molecule has 0 aliphatic heterocycles. The first-order valence-corrected chi connectivity index (χ1v) is 14.8. The minimum absolute atomic E-state index is 0.0790. The summed E-state index contributed by atoms with van der Waals surface area (Å²) in [6.45, 7) is 0.919. The fraction of sp³-hybridized carbons (Fsp3) is 0.250. The lowest BCUT2D eigenvalue weighted by Crippen LogP contribution is -2.34. The van der Waals surface area contributed by atoms with Crippen LogP contribution >= 0.6 is 0 Å². The summed E-state index contributed by atoms with van der Waals surface area (Å²) in [6.07, 6.45) is 2.68. The number of rotatable bonds is 15. The summed E-state index contributed by atoms with van der Waals surface area (Å²) >= 11 is 0. The number of para-hydroxylation sites is 3. The number of nitrogens with one attached hydrogen (secondary N) is 1. The van der Waals surface area contributed by atoms with Gasteiger partial charge in [0.25, 0.3) is 0 Å². The quantitative estimate of drug-likeness (QED) is 0.124. The van der Waals surface area contributed by atoms with Gasteiger partial charge in [-0.3, -0.25) is 9.59 Å². The van der Waals surface area contributed by atoms with Crippen LogP contribution in [0.15, 0.2) is 103 Å². The van der Waals surface area contributed by atoms with Crippen molar-refractivity contribution in [1.29, 1.82) is 0 Å². The van der Waals surface area contributed by atoms with E-state index in [0.717, 1.165) is 24.1 Å². The van der Waals surface area contributed by atoms with Crippen molar-refractivity contribution in [1.82, 2.24) is 0 Å². The minimum atomic E-state index is -1.02. The van der Waals surface area contributed by atoms with Gasteiger partial charge in [-0.2, -0.15) is 0 Å². The molecule has 0 bridgehead atoms. The molecule has 0 spiro atoms. The Balaban J connectivity index is 1.17.